The molecule has 3 aromatic rings. The third kappa shape index (κ3) is 5.19. The van der Waals surface area contributed by atoms with E-state index in [0.29, 0.717) is 40.8 Å². The van der Waals surface area contributed by atoms with Gasteiger partial charge in [-0.05, 0) is 42.7 Å². The van der Waals surface area contributed by atoms with Crippen molar-refractivity contribution in [2.45, 2.75) is 25.0 Å². The average molecular weight is 410 g/mol. The van der Waals surface area contributed by atoms with Crippen LogP contribution < -0.4 is 4.74 Å². The Balaban J connectivity index is 1.65. The number of aromatic nitrogens is 3. The van der Waals surface area contributed by atoms with Crippen LogP contribution in [0.2, 0.25) is 10.0 Å². The lowest BCUT2D eigenvalue weighted by Crippen LogP contribution is -2.32. The van der Waals surface area contributed by atoms with E-state index in [1.54, 1.807) is 35.0 Å². The van der Waals surface area contributed by atoms with Gasteiger partial charge in [0.2, 0.25) is 0 Å². The number of rotatable bonds is 8. The van der Waals surface area contributed by atoms with E-state index in [9.17, 15) is 9.50 Å². The molecule has 0 spiro atoms. The van der Waals surface area contributed by atoms with Crippen molar-refractivity contribution in [3.05, 3.63) is 76.5 Å². The summed E-state index contributed by atoms with van der Waals surface area (Å²) >= 11 is 11.9. The standard InChI is InChI=1S/C19H18Cl2FN3O2/c20-17-7-6-16(10-18(17)21)27-9-1-8-19(26,11-25-13-23-12-24-25)14-2-4-15(22)5-3-14/h2-7,10,12-13,26H,1,8-9,11H2. The molecule has 27 heavy (non-hydrogen) atoms. The van der Waals surface area contributed by atoms with Crippen LogP contribution in [0.3, 0.4) is 0 Å². The van der Waals surface area contributed by atoms with E-state index in [1.165, 1.54) is 24.8 Å². The number of halogens is 3. The van der Waals surface area contributed by atoms with Crippen molar-refractivity contribution in [3.63, 3.8) is 0 Å². The normalized spacial score (nSPS) is 13.3. The van der Waals surface area contributed by atoms with Crippen LogP contribution in [0, 0.1) is 5.82 Å². The summed E-state index contributed by atoms with van der Waals surface area (Å²) < 4.78 is 20.5. The van der Waals surface area contributed by atoms with Gasteiger partial charge in [0.15, 0.2) is 0 Å². The zero-order valence-electron chi connectivity index (χ0n) is 14.4. The topological polar surface area (TPSA) is 60.2 Å². The molecule has 0 radical (unpaired) electrons. The number of hydrogen-bond acceptors (Lipinski definition) is 4. The van der Waals surface area contributed by atoms with Crippen molar-refractivity contribution in [1.82, 2.24) is 14.8 Å². The molecule has 0 bridgehead atoms. The van der Waals surface area contributed by atoms with E-state index < -0.39 is 5.60 Å². The SMILES string of the molecule is OC(CCCOc1ccc(Cl)c(Cl)c1)(Cn1cncn1)c1ccc(F)cc1. The third-order valence-electron chi connectivity index (χ3n) is 4.17. The zero-order chi connectivity index (χ0) is 19.3. The zero-order valence-corrected chi connectivity index (χ0v) is 15.9. The highest BCUT2D eigenvalue weighted by Gasteiger charge is 2.30. The second kappa shape index (κ2) is 8.69. The molecular weight excluding hydrogens is 392 g/mol. The van der Waals surface area contributed by atoms with Crippen LogP contribution >= 0.6 is 23.2 Å². The van der Waals surface area contributed by atoms with Crippen molar-refractivity contribution >= 4 is 23.2 Å². The summed E-state index contributed by atoms with van der Waals surface area (Å²) in [5, 5.41) is 16.1. The third-order valence-corrected chi connectivity index (χ3v) is 4.91. The molecule has 142 valence electrons. The lowest BCUT2D eigenvalue weighted by molar-refractivity contribution is 0.00135. The van der Waals surface area contributed by atoms with E-state index in [0.717, 1.165) is 0 Å². The minimum absolute atomic E-state index is 0.200. The Morgan fingerprint density at radius 2 is 1.89 bits per heavy atom. The second-order valence-corrected chi connectivity index (χ2v) is 6.97. The molecule has 1 atom stereocenters. The molecule has 0 saturated heterocycles. The Labute approximate surface area is 166 Å². The molecule has 0 aliphatic carbocycles. The summed E-state index contributed by atoms with van der Waals surface area (Å²) in [6.07, 6.45) is 3.88. The Bertz CT molecular complexity index is 875. The molecule has 0 fully saturated rings. The number of aliphatic hydroxyl groups is 1. The van der Waals surface area contributed by atoms with Crippen LogP contribution in [0.4, 0.5) is 4.39 Å². The van der Waals surface area contributed by atoms with Crippen molar-refractivity contribution in [1.29, 1.82) is 0 Å². The molecule has 3 rings (SSSR count). The summed E-state index contributed by atoms with van der Waals surface area (Å²) in [5.41, 5.74) is -0.628. The minimum Gasteiger partial charge on any atom is -0.494 e. The van der Waals surface area contributed by atoms with Gasteiger partial charge in [0.25, 0.3) is 0 Å². The molecule has 0 aliphatic heterocycles. The van der Waals surface area contributed by atoms with Gasteiger partial charge in [-0.3, -0.25) is 0 Å². The highest BCUT2D eigenvalue weighted by molar-refractivity contribution is 6.42. The van der Waals surface area contributed by atoms with Crippen molar-refractivity contribution in [2.75, 3.05) is 6.61 Å². The summed E-state index contributed by atoms with van der Waals surface area (Å²) in [4.78, 5) is 3.90. The number of nitrogens with zero attached hydrogens (tertiary/aromatic N) is 3. The smallest absolute Gasteiger partial charge is 0.137 e. The van der Waals surface area contributed by atoms with E-state index in [-0.39, 0.29) is 12.4 Å². The van der Waals surface area contributed by atoms with Gasteiger partial charge in [-0.1, -0.05) is 35.3 Å². The highest BCUT2D eigenvalue weighted by atomic mass is 35.5. The van der Waals surface area contributed by atoms with E-state index in [4.69, 9.17) is 27.9 Å². The van der Waals surface area contributed by atoms with Crippen molar-refractivity contribution in [2.24, 2.45) is 0 Å². The van der Waals surface area contributed by atoms with Crippen LogP contribution in [-0.4, -0.2) is 26.5 Å². The van der Waals surface area contributed by atoms with E-state index in [1.807, 2.05) is 0 Å². The van der Waals surface area contributed by atoms with Gasteiger partial charge in [-0.25, -0.2) is 14.1 Å². The van der Waals surface area contributed by atoms with Crippen molar-refractivity contribution in [3.8, 4) is 5.75 Å². The molecule has 1 N–H and O–H groups in total. The number of benzene rings is 2. The van der Waals surface area contributed by atoms with Gasteiger partial charge in [0.05, 0.1) is 23.2 Å². The summed E-state index contributed by atoms with van der Waals surface area (Å²) in [6, 6.07) is 10.8. The second-order valence-electron chi connectivity index (χ2n) is 6.16. The first kappa shape index (κ1) is 19.6. The fourth-order valence-electron chi connectivity index (χ4n) is 2.78. The van der Waals surface area contributed by atoms with Gasteiger partial charge in [-0.2, -0.15) is 5.10 Å². The van der Waals surface area contributed by atoms with Gasteiger partial charge in [0, 0.05) is 6.07 Å². The van der Waals surface area contributed by atoms with Crippen LogP contribution in [-0.2, 0) is 12.1 Å². The molecule has 1 unspecified atom stereocenters. The maximum Gasteiger partial charge on any atom is 0.137 e. The number of hydrogen-bond donors (Lipinski definition) is 1. The van der Waals surface area contributed by atoms with Gasteiger partial charge >= 0.3 is 0 Å². The maximum atomic E-state index is 13.3. The summed E-state index contributed by atoms with van der Waals surface area (Å²) in [6.45, 7) is 0.574. The van der Waals surface area contributed by atoms with Crippen LogP contribution in [0.15, 0.2) is 55.1 Å². The van der Waals surface area contributed by atoms with Crippen LogP contribution in [0.1, 0.15) is 18.4 Å². The largest absolute Gasteiger partial charge is 0.494 e. The minimum atomic E-state index is -1.23. The van der Waals surface area contributed by atoms with Crippen LogP contribution in [0.5, 0.6) is 5.75 Å². The Morgan fingerprint density at radius 3 is 2.56 bits per heavy atom. The van der Waals surface area contributed by atoms with Crippen molar-refractivity contribution < 1.29 is 14.2 Å². The fraction of sp³-hybridized carbons (Fsp3) is 0.263. The summed E-state index contributed by atoms with van der Waals surface area (Å²) in [5.74, 6) is 0.246. The predicted molar refractivity (Wildman–Crippen MR) is 102 cm³/mol. The molecular formula is C19H18Cl2FN3O2. The number of ether oxygens (including phenoxy) is 1. The monoisotopic (exact) mass is 409 g/mol. The predicted octanol–water partition coefficient (Wildman–Crippen LogP) is 4.47. The first-order valence-corrected chi connectivity index (χ1v) is 9.10. The van der Waals surface area contributed by atoms with E-state index in [2.05, 4.69) is 10.1 Å². The molecule has 8 heteroatoms. The Kier molecular flexibility index (Phi) is 6.31. The molecule has 1 aromatic heterocycles. The van der Waals surface area contributed by atoms with Gasteiger partial charge in [0.1, 0.15) is 29.8 Å². The molecule has 5 nitrogen and oxygen atoms in total. The molecule has 0 saturated carbocycles. The lowest BCUT2D eigenvalue weighted by Gasteiger charge is -2.28. The fourth-order valence-corrected chi connectivity index (χ4v) is 3.07. The first-order chi connectivity index (χ1) is 13.0. The Hall–Kier alpha value is -2.15. The lowest BCUT2D eigenvalue weighted by atomic mass is 9.89. The first-order valence-electron chi connectivity index (χ1n) is 8.35. The quantitative estimate of drug-likeness (QED) is 0.557. The Morgan fingerprint density at radius 1 is 1.11 bits per heavy atom. The molecule has 0 amide bonds. The van der Waals surface area contributed by atoms with Crippen LogP contribution in [0.25, 0.3) is 0 Å². The average Bonchev–Trinajstić information content (AvgIpc) is 3.15. The maximum absolute atomic E-state index is 13.3. The summed E-state index contributed by atoms with van der Waals surface area (Å²) in [7, 11) is 0. The van der Waals surface area contributed by atoms with Gasteiger partial charge in [-0.15, -0.1) is 0 Å². The van der Waals surface area contributed by atoms with E-state index >= 15 is 0 Å². The molecule has 1 heterocycles. The highest BCUT2D eigenvalue weighted by Crippen LogP contribution is 2.30. The molecule has 0 aliphatic rings. The van der Waals surface area contributed by atoms with Gasteiger partial charge < -0.3 is 9.84 Å². The molecule has 2 aromatic carbocycles.